The lowest BCUT2D eigenvalue weighted by molar-refractivity contribution is -0.116. The number of nitrogens with one attached hydrogen (secondary N) is 2. The zero-order chi connectivity index (χ0) is 19.7. The molecule has 4 rings (SSSR count). The van der Waals surface area contributed by atoms with Crippen molar-refractivity contribution >= 4 is 34.0 Å². The van der Waals surface area contributed by atoms with Crippen molar-refractivity contribution in [2.45, 2.75) is 26.8 Å². The van der Waals surface area contributed by atoms with E-state index in [1.54, 1.807) is 23.5 Å². The number of thiophene rings is 1. The minimum Gasteiger partial charge on any atom is -0.309 e. The number of fused-ring (bicyclic) bond motifs is 1. The van der Waals surface area contributed by atoms with Crippen LogP contribution in [0.15, 0.2) is 47.5 Å². The number of aryl methyl sites for hydroxylation is 3. The number of H-pyrrole nitrogens is 1. The molecule has 0 atom stereocenters. The molecule has 2 N–H and O–H groups in total. The zero-order valence-electron chi connectivity index (χ0n) is 15.5. The van der Waals surface area contributed by atoms with Gasteiger partial charge in [-0.15, -0.1) is 11.3 Å². The highest BCUT2D eigenvalue weighted by atomic mass is 32.1. The molecule has 8 heteroatoms. The maximum absolute atomic E-state index is 12.6. The van der Waals surface area contributed by atoms with Crippen LogP contribution in [0.4, 0.5) is 5.82 Å². The van der Waals surface area contributed by atoms with E-state index < -0.39 is 0 Å². The first-order valence-electron chi connectivity index (χ1n) is 8.88. The monoisotopic (exact) mass is 393 g/mol. The smallest absolute Gasteiger partial charge is 0.261 e. The summed E-state index contributed by atoms with van der Waals surface area (Å²) in [7, 11) is 0. The summed E-state index contributed by atoms with van der Waals surface area (Å²) in [6.07, 6.45) is 1.65. The SMILES string of the molecule is Cc1ccc(-c2cc(NC(=O)CCn3cnc4c(C)cccc4c3=O)n[nH]2)s1. The summed E-state index contributed by atoms with van der Waals surface area (Å²) in [6.45, 7) is 4.21. The van der Waals surface area contributed by atoms with E-state index in [2.05, 4.69) is 20.5 Å². The second-order valence-corrected chi connectivity index (χ2v) is 7.88. The molecular formula is C20H19N5O2S. The van der Waals surface area contributed by atoms with Crippen molar-refractivity contribution in [3.05, 3.63) is 63.5 Å². The number of aromatic nitrogens is 4. The Balaban J connectivity index is 1.42. The van der Waals surface area contributed by atoms with Crippen LogP contribution < -0.4 is 10.9 Å². The second kappa shape index (κ2) is 7.40. The highest BCUT2D eigenvalue weighted by Gasteiger charge is 2.11. The van der Waals surface area contributed by atoms with E-state index >= 15 is 0 Å². The number of hydrogen-bond donors (Lipinski definition) is 2. The molecule has 1 aromatic carbocycles. The average molecular weight is 393 g/mol. The van der Waals surface area contributed by atoms with Crippen LogP contribution in [0.25, 0.3) is 21.5 Å². The van der Waals surface area contributed by atoms with Gasteiger partial charge in [0.1, 0.15) is 0 Å². The maximum Gasteiger partial charge on any atom is 0.261 e. The van der Waals surface area contributed by atoms with Crippen molar-refractivity contribution < 1.29 is 4.79 Å². The Labute approximate surface area is 165 Å². The van der Waals surface area contributed by atoms with Crippen LogP contribution in [0.2, 0.25) is 0 Å². The van der Waals surface area contributed by atoms with Gasteiger partial charge >= 0.3 is 0 Å². The molecule has 0 spiro atoms. The lowest BCUT2D eigenvalue weighted by Crippen LogP contribution is -2.24. The van der Waals surface area contributed by atoms with E-state index in [0.717, 1.165) is 16.1 Å². The number of anilines is 1. The van der Waals surface area contributed by atoms with E-state index in [9.17, 15) is 9.59 Å². The Hall–Kier alpha value is -3.26. The molecule has 0 aliphatic rings. The number of amides is 1. The molecule has 0 radical (unpaired) electrons. The van der Waals surface area contributed by atoms with Gasteiger partial charge in [-0.25, -0.2) is 4.98 Å². The maximum atomic E-state index is 12.6. The molecule has 0 fully saturated rings. The third kappa shape index (κ3) is 3.59. The number of para-hydroxylation sites is 1. The number of nitrogens with zero attached hydrogens (tertiary/aromatic N) is 3. The van der Waals surface area contributed by atoms with Gasteiger partial charge in [-0.3, -0.25) is 19.3 Å². The van der Waals surface area contributed by atoms with E-state index in [4.69, 9.17) is 0 Å². The molecule has 0 bridgehead atoms. The van der Waals surface area contributed by atoms with Gasteiger partial charge in [-0.2, -0.15) is 5.10 Å². The van der Waals surface area contributed by atoms with Crippen LogP contribution in [-0.2, 0) is 11.3 Å². The molecule has 0 unspecified atom stereocenters. The predicted molar refractivity (Wildman–Crippen MR) is 111 cm³/mol. The Morgan fingerprint density at radius 3 is 2.89 bits per heavy atom. The minimum absolute atomic E-state index is 0.142. The van der Waals surface area contributed by atoms with Crippen molar-refractivity contribution in [2.24, 2.45) is 0 Å². The summed E-state index contributed by atoms with van der Waals surface area (Å²) in [5, 5.41) is 10.4. The Bertz CT molecular complexity index is 1220. The second-order valence-electron chi connectivity index (χ2n) is 6.59. The van der Waals surface area contributed by atoms with Gasteiger partial charge in [0, 0.05) is 23.9 Å². The average Bonchev–Trinajstić information content (AvgIpc) is 3.31. The van der Waals surface area contributed by atoms with Gasteiger partial charge in [0.15, 0.2) is 5.82 Å². The number of carbonyl (C=O) groups excluding carboxylic acids is 1. The predicted octanol–water partition coefficient (Wildman–Crippen LogP) is 3.49. The van der Waals surface area contributed by atoms with Crippen molar-refractivity contribution in [3.63, 3.8) is 0 Å². The number of benzene rings is 1. The number of hydrogen-bond acceptors (Lipinski definition) is 5. The molecule has 0 saturated heterocycles. The first kappa shape index (κ1) is 18.1. The van der Waals surface area contributed by atoms with Crippen LogP contribution in [0.3, 0.4) is 0 Å². The lowest BCUT2D eigenvalue weighted by atomic mass is 10.1. The van der Waals surface area contributed by atoms with Gasteiger partial charge in [0.2, 0.25) is 5.91 Å². The van der Waals surface area contributed by atoms with Gasteiger partial charge in [-0.1, -0.05) is 12.1 Å². The normalized spacial score (nSPS) is 11.1. The largest absolute Gasteiger partial charge is 0.309 e. The molecule has 28 heavy (non-hydrogen) atoms. The van der Waals surface area contributed by atoms with Crippen LogP contribution in [-0.4, -0.2) is 25.7 Å². The molecule has 0 aliphatic heterocycles. The van der Waals surface area contributed by atoms with Gasteiger partial charge in [0.05, 0.1) is 27.8 Å². The number of carbonyl (C=O) groups is 1. The number of aromatic amines is 1. The molecule has 0 aliphatic carbocycles. The van der Waals surface area contributed by atoms with Crippen molar-refractivity contribution in [3.8, 4) is 10.6 Å². The first-order valence-corrected chi connectivity index (χ1v) is 9.70. The Morgan fingerprint density at radius 2 is 2.11 bits per heavy atom. The van der Waals surface area contributed by atoms with Crippen molar-refractivity contribution in [1.29, 1.82) is 0 Å². The van der Waals surface area contributed by atoms with Gasteiger partial charge in [0.25, 0.3) is 5.56 Å². The van der Waals surface area contributed by atoms with Gasteiger partial charge in [-0.05, 0) is 37.6 Å². The summed E-state index contributed by atoms with van der Waals surface area (Å²) in [4.78, 5) is 31.5. The lowest BCUT2D eigenvalue weighted by Gasteiger charge is -2.07. The highest BCUT2D eigenvalue weighted by molar-refractivity contribution is 7.15. The molecular weight excluding hydrogens is 374 g/mol. The molecule has 0 saturated carbocycles. The third-order valence-corrected chi connectivity index (χ3v) is 5.52. The van der Waals surface area contributed by atoms with Gasteiger partial charge < -0.3 is 5.32 Å². The topological polar surface area (TPSA) is 92.7 Å². The van der Waals surface area contributed by atoms with E-state index in [-0.39, 0.29) is 24.4 Å². The molecule has 142 valence electrons. The van der Waals surface area contributed by atoms with E-state index in [0.29, 0.717) is 16.7 Å². The van der Waals surface area contributed by atoms with Crippen LogP contribution >= 0.6 is 11.3 Å². The summed E-state index contributed by atoms with van der Waals surface area (Å²) in [5.74, 6) is 0.252. The fourth-order valence-electron chi connectivity index (χ4n) is 3.02. The summed E-state index contributed by atoms with van der Waals surface area (Å²) in [5.41, 5.74) is 2.37. The fraction of sp³-hybridized carbons (Fsp3) is 0.200. The first-order chi connectivity index (χ1) is 13.5. The van der Waals surface area contributed by atoms with E-state index in [1.807, 2.05) is 38.1 Å². The fourth-order valence-corrected chi connectivity index (χ4v) is 3.85. The molecule has 4 aromatic rings. The third-order valence-electron chi connectivity index (χ3n) is 4.49. The molecule has 3 heterocycles. The molecule has 7 nitrogen and oxygen atoms in total. The summed E-state index contributed by atoms with van der Waals surface area (Å²) >= 11 is 1.66. The Morgan fingerprint density at radius 1 is 1.25 bits per heavy atom. The van der Waals surface area contributed by atoms with E-state index in [1.165, 1.54) is 15.8 Å². The number of rotatable bonds is 5. The minimum atomic E-state index is -0.211. The van der Waals surface area contributed by atoms with Crippen molar-refractivity contribution in [2.75, 3.05) is 5.32 Å². The zero-order valence-corrected chi connectivity index (χ0v) is 16.3. The highest BCUT2D eigenvalue weighted by Crippen LogP contribution is 2.27. The van der Waals surface area contributed by atoms with Crippen LogP contribution in [0, 0.1) is 13.8 Å². The summed E-state index contributed by atoms with van der Waals surface area (Å²) < 4.78 is 1.46. The summed E-state index contributed by atoms with van der Waals surface area (Å²) in [6, 6.07) is 11.4. The van der Waals surface area contributed by atoms with Crippen LogP contribution in [0.5, 0.6) is 0 Å². The van der Waals surface area contributed by atoms with Crippen molar-refractivity contribution in [1.82, 2.24) is 19.7 Å². The Kier molecular flexibility index (Phi) is 4.79. The quantitative estimate of drug-likeness (QED) is 0.543. The molecule has 1 amide bonds. The standard InChI is InChI=1S/C20H19N5O2S/c1-12-4-3-5-14-19(12)21-11-25(20(14)27)9-8-18(26)22-17-10-15(23-24-17)16-7-6-13(2)28-16/h3-7,10-11H,8-9H2,1-2H3,(H2,22,23,24,26). The van der Waals surface area contributed by atoms with Crippen LogP contribution in [0.1, 0.15) is 16.9 Å². The molecule has 3 aromatic heterocycles.